The van der Waals surface area contributed by atoms with E-state index >= 15 is 0 Å². The first-order chi connectivity index (χ1) is 13.2. The van der Waals surface area contributed by atoms with E-state index in [0.717, 1.165) is 71.5 Å². The Labute approximate surface area is 185 Å². The molecule has 3 rings (SSSR count). The van der Waals surface area contributed by atoms with Gasteiger partial charge in [-0.2, -0.15) is 0 Å². The van der Waals surface area contributed by atoms with Gasteiger partial charge in [-0.3, -0.25) is 9.89 Å². The second-order valence-electron chi connectivity index (χ2n) is 7.37. The van der Waals surface area contributed by atoms with E-state index in [9.17, 15) is 4.39 Å². The summed E-state index contributed by atoms with van der Waals surface area (Å²) in [4.78, 5) is 11.3. The number of halogens is 2. The van der Waals surface area contributed by atoms with Crippen LogP contribution in [0.15, 0.2) is 29.3 Å². The highest BCUT2D eigenvalue weighted by atomic mass is 127. The molecule has 0 aliphatic carbocycles. The molecule has 1 unspecified atom stereocenters. The Kier molecular flexibility index (Phi) is 9.73. The van der Waals surface area contributed by atoms with Crippen LogP contribution in [0.4, 0.5) is 10.1 Å². The number of benzene rings is 1. The van der Waals surface area contributed by atoms with Gasteiger partial charge in [0.05, 0.1) is 18.9 Å². The summed E-state index contributed by atoms with van der Waals surface area (Å²) in [6.07, 6.45) is 0. The summed E-state index contributed by atoms with van der Waals surface area (Å²) in [6.45, 7) is 11.3. The van der Waals surface area contributed by atoms with Crippen LogP contribution in [0.25, 0.3) is 0 Å². The number of hydrogen-bond donors (Lipinski definition) is 1. The highest BCUT2D eigenvalue weighted by molar-refractivity contribution is 14.0. The van der Waals surface area contributed by atoms with Crippen LogP contribution < -0.4 is 10.2 Å². The molecule has 2 aliphatic rings. The van der Waals surface area contributed by atoms with Gasteiger partial charge in [-0.1, -0.05) is 19.1 Å². The number of nitrogens with one attached hydrogen (secondary N) is 1. The first-order valence-electron chi connectivity index (χ1n) is 9.92. The zero-order valence-corrected chi connectivity index (χ0v) is 19.3. The minimum atomic E-state index is -0.148. The molecule has 2 aliphatic heterocycles. The molecule has 0 amide bonds. The number of nitrogens with zero attached hydrogens (tertiary/aromatic N) is 4. The zero-order chi connectivity index (χ0) is 19.1. The Hall–Kier alpha value is -1.13. The molecule has 2 heterocycles. The predicted molar refractivity (Wildman–Crippen MR) is 123 cm³/mol. The average Bonchev–Trinajstić information content (AvgIpc) is 2.70. The highest BCUT2D eigenvalue weighted by Gasteiger charge is 2.22. The largest absolute Gasteiger partial charge is 0.379 e. The number of anilines is 1. The lowest BCUT2D eigenvalue weighted by atomic mass is 10.1. The summed E-state index contributed by atoms with van der Waals surface area (Å²) in [7, 11) is 1.83. The highest BCUT2D eigenvalue weighted by Crippen LogP contribution is 2.20. The van der Waals surface area contributed by atoms with E-state index in [1.807, 2.05) is 19.2 Å². The van der Waals surface area contributed by atoms with Gasteiger partial charge in [0.2, 0.25) is 0 Å². The Bertz CT molecular complexity index is 618. The van der Waals surface area contributed by atoms with E-state index in [2.05, 4.69) is 31.9 Å². The van der Waals surface area contributed by atoms with Crippen molar-refractivity contribution in [1.29, 1.82) is 0 Å². The van der Waals surface area contributed by atoms with Gasteiger partial charge in [0.25, 0.3) is 0 Å². The maximum absolute atomic E-state index is 14.0. The topological polar surface area (TPSA) is 43.3 Å². The van der Waals surface area contributed by atoms with Crippen molar-refractivity contribution in [2.75, 3.05) is 77.5 Å². The van der Waals surface area contributed by atoms with Gasteiger partial charge in [-0.05, 0) is 18.1 Å². The molecule has 1 atom stereocenters. The SMILES string of the molecule is CN=C(NCC(C)CN1CCOCC1)N1CCN(c2ccccc2F)CC1.I. The quantitative estimate of drug-likeness (QED) is 0.378. The molecule has 1 aromatic rings. The van der Waals surface area contributed by atoms with Crippen LogP contribution in [0.1, 0.15) is 6.92 Å². The predicted octanol–water partition coefficient (Wildman–Crippen LogP) is 2.11. The maximum Gasteiger partial charge on any atom is 0.193 e. The molecule has 0 bridgehead atoms. The molecule has 2 fully saturated rings. The van der Waals surface area contributed by atoms with Crippen molar-refractivity contribution in [3.8, 4) is 0 Å². The van der Waals surface area contributed by atoms with Crippen LogP contribution in [0, 0.1) is 11.7 Å². The van der Waals surface area contributed by atoms with Crippen LogP contribution in [-0.4, -0.2) is 88.4 Å². The molecular weight excluding hydrogens is 472 g/mol. The molecule has 28 heavy (non-hydrogen) atoms. The normalized spacial score (nSPS) is 19.9. The van der Waals surface area contributed by atoms with E-state index < -0.39 is 0 Å². The maximum atomic E-state index is 14.0. The first kappa shape index (κ1) is 23.2. The lowest BCUT2D eigenvalue weighted by molar-refractivity contribution is 0.0320. The third-order valence-electron chi connectivity index (χ3n) is 5.27. The van der Waals surface area contributed by atoms with Crippen LogP contribution in [-0.2, 0) is 4.74 Å². The van der Waals surface area contributed by atoms with Gasteiger partial charge in [0.1, 0.15) is 5.82 Å². The number of ether oxygens (including phenoxy) is 1. The van der Waals surface area contributed by atoms with Gasteiger partial charge >= 0.3 is 0 Å². The van der Waals surface area contributed by atoms with Crippen molar-refractivity contribution in [2.24, 2.45) is 10.9 Å². The Morgan fingerprint density at radius 3 is 2.46 bits per heavy atom. The van der Waals surface area contributed by atoms with Crippen molar-refractivity contribution in [2.45, 2.75) is 6.92 Å². The van der Waals surface area contributed by atoms with Gasteiger partial charge < -0.3 is 19.9 Å². The zero-order valence-electron chi connectivity index (χ0n) is 16.9. The Morgan fingerprint density at radius 2 is 1.82 bits per heavy atom. The Morgan fingerprint density at radius 1 is 1.14 bits per heavy atom. The molecule has 158 valence electrons. The third-order valence-corrected chi connectivity index (χ3v) is 5.27. The van der Waals surface area contributed by atoms with Crippen LogP contribution in [0.5, 0.6) is 0 Å². The number of morpholine rings is 1. The van der Waals surface area contributed by atoms with Crippen molar-refractivity contribution in [3.63, 3.8) is 0 Å². The summed E-state index contributed by atoms with van der Waals surface area (Å²) in [6, 6.07) is 7.00. The summed E-state index contributed by atoms with van der Waals surface area (Å²) >= 11 is 0. The van der Waals surface area contributed by atoms with Crippen molar-refractivity contribution in [3.05, 3.63) is 30.1 Å². The monoisotopic (exact) mass is 505 g/mol. The smallest absolute Gasteiger partial charge is 0.193 e. The third kappa shape index (κ3) is 6.45. The Balaban J connectivity index is 0.00000280. The standard InChI is InChI=1S/C20H32FN5O.HI/c1-17(16-24-11-13-27-14-12-24)15-23-20(22-2)26-9-7-25(8-10-26)19-6-4-3-5-18(19)21;/h3-6,17H,7-16H2,1-2H3,(H,22,23);1H. The van der Waals surface area contributed by atoms with Gasteiger partial charge in [-0.25, -0.2) is 4.39 Å². The van der Waals surface area contributed by atoms with Crippen LogP contribution in [0.2, 0.25) is 0 Å². The second kappa shape index (κ2) is 11.8. The van der Waals surface area contributed by atoms with Crippen molar-refractivity contribution >= 4 is 35.6 Å². The summed E-state index contributed by atoms with van der Waals surface area (Å²) in [5.41, 5.74) is 0.694. The number of piperazine rings is 1. The molecule has 0 aromatic heterocycles. The fourth-order valence-corrected chi connectivity index (χ4v) is 3.75. The number of guanidine groups is 1. The number of rotatable bonds is 5. The fraction of sp³-hybridized carbons (Fsp3) is 0.650. The van der Waals surface area contributed by atoms with Crippen molar-refractivity contribution < 1.29 is 9.13 Å². The summed E-state index contributed by atoms with van der Waals surface area (Å²) < 4.78 is 19.4. The fourth-order valence-electron chi connectivity index (χ4n) is 3.75. The molecule has 0 saturated carbocycles. The molecule has 8 heteroatoms. The van der Waals surface area contributed by atoms with Gasteiger partial charge in [0.15, 0.2) is 5.96 Å². The van der Waals surface area contributed by atoms with E-state index in [0.29, 0.717) is 11.6 Å². The summed E-state index contributed by atoms with van der Waals surface area (Å²) in [5, 5.41) is 3.52. The van der Waals surface area contributed by atoms with E-state index in [-0.39, 0.29) is 29.8 Å². The molecule has 1 N–H and O–H groups in total. The molecule has 6 nitrogen and oxygen atoms in total. The van der Waals surface area contributed by atoms with E-state index in [4.69, 9.17) is 4.74 Å². The lowest BCUT2D eigenvalue weighted by Crippen LogP contribution is -2.53. The molecular formula is C20H33FIN5O. The van der Waals surface area contributed by atoms with Crippen LogP contribution in [0.3, 0.4) is 0 Å². The average molecular weight is 505 g/mol. The molecule has 1 aromatic carbocycles. The summed E-state index contributed by atoms with van der Waals surface area (Å²) in [5.74, 6) is 1.34. The van der Waals surface area contributed by atoms with Gasteiger partial charge in [0, 0.05) is 59.4 Å². The number of aliphatic imine (C=N–C) groups is 1. The molecule has 2 saturated heterocycles. The number of para-hydroxylation sites is 1. The number of hydrogen-bond acceptors (Lipinski definition) is 4. The van der Waals surface area contributed by atoms with Crippen LogP contribution >= 0.6 is 24.0 Å². The minimum absolute atomic E-state index is 0. The van der Waals surface area contributed by atoms with E-state index in [1.165, 1.54) is 6.07 Å². The molecule has 0 radical (unpaired) electrons. The van der Waals surface area contributed by atoms with Gasteiger partial charge in [-0.15, -0.1) is 24.0 Å². The van der Waals surface area contributed by atoms with Crippen molar-refractivity contribution in [1.82, 2.24) is 15.1 Å². The first-order valence-corrected chi connectivity index (χ1v) is 9.92. The lowest BCUT2D eigenvalue weighted by Gasteiger charge is -2.38. The second-order valence-corrected chi connectivity index (χ2v) is 7.37. The van der Waals surface area contributed by atoms with E-state index in [1.54, 1.807) is 6.07 Å². The molecule has 0 spiro atoms. The minimum Gasteiger partial charge on any atom is -0.379 e.